The van der Waals surface area contributed by atoms with E-state index < -0.39 is 0 Å². The van der Waals surface area contributed by atoms with E-state index in [1.54, 1.807) is 7.11 Å². The molecule has 0 aromatic carbocycles. The number of methoxy groups -OCH3 is 1. The molecule has 0 saturated heterocycles. The molecule has 2 N–H and O–H groups in total. The van der Waals surface area contributed by atoms with Gasteiger partial charge in [0.1, 0.15) is 0 Å². The van der Waals surface area contributed by atoms with Crippen LogP contribution in [0.4, 0.5) is 0 Å². The molecular formula is C12H22N2OS. The Labute approximate surface area is 103 Å². The van der Waals surface area contributed by atoms with Crippen molar-refractivity contribution in [1.82, 2.24) is 10.6 Å². The van der Waals surface area contributed by atoms with E-state index in [9.17, 15) is 0 Å². The van der Waals surface area contributed by atoms with Gasteiger partial charge in [-0.1, -0.05) is 0 Å². The van der Waals surface area contributed by atoms with Gasteiger partial charge in [0.05, 0.1) is 6.61 Å². The van der Waals surface area contributed by atoms with E-state index in [1.165, 1.54) is 25.7 Å². The predicted octanol–water partition coefficient (Wildman–Crippen LogP) is 1.68. The number of nitrogens with one attached hydrogen (secondary N) is 2. The van der Waals surface area contributed by atoms with Crippen LogP contribution < -0.4 is 10.6 Å². The highest BCUT2D eigenvalue weighted by Gasteiger charge is 2.53. The van der Waals surface area contributed by atoms with Crippen LogP contribution in [0.25, 0.3) is 0 Å². The molecule has 2 fully saturated rings. The summed E-state index contributed by atoms with van der Waals surface area (Å²) in [6.45, 7) is 3.82. The van der Waals surface area contributed by atoms with E-state index >= 15 is 0 Å². The first-order chi connectivity index (χ1) is 7.66. The largest absolute Gasteiger partial charge is 0.383 e. The third kappa shape index (κ3) is 3.08. The van der Waals surface area contributed by atoms with Crippen LogP contribution in [0, 0.1) is 11.3 Å². The SMILES string of the molecule is COCC(C)NC(=S)NCC1(C2CC2)CC1. The van der Waals surface area contributed by atoms with Crippen molar-refractivity contribution < 1.29 is 4.74 Å². The molecule has 1 atom stereocenters. The lowest BCUT2D eigenvalue weighted by Crippen LogP contribution is -2.44. The molecule has 0 heterocycles. The third-order valence-electron chi connectivity index (χ3n) is 3.73. The van der Waals surface area contributed by atoms with Gasteiger partial charge in [-0.25, -0.2) is 0 Å². The molecule has 0 aromatic heterocycles. The van der Waals surface area contributed by atoms with Crippen molar-refractivity contribution in [3.63, 3.8) is 0 Å². The van der Waals surface area contributed by atoms with E-state index in [0.717, 1.165) is 17.6 Å². The van der Waals surface area contributed by atoms with Crippen LogP contribution in [0.3, 0.4) is 0 Å². The molecule has 16 heavy (non-hydrogen) atoms. The van der Waals surface area contributed by atoms with E-state index in [1.807, 2.05) is 0 Å². The van der Waals surface area contributed by atoms with Crippen molar-refractivity contribution in [3.05, 3.63) is 0 Å². The molecule has 0 spiro atoms. The summed E-state index contributed by atoms with van der Waals surface area (Å²) in [7, 11) is 1.71. The van der Waals surface area contributed by atoms with Crippen LogP contribution in [0.1, 0.15) is 32.6 Å². The fraction of sp³-hybridized carbons (Fsp3) is 0.917. The molecule has 0 amide bonds. The molecule has 2 saturated carbocycles. The van der Waals surface area contributed by atoms with Gasteiger partial charge in [0.2, 0.25) is 0 Å². The van der Waals surface area contributed by atoms with Gasteiger partial charge in [0.15, 0.2) is 5.11 Å². The van der Waals surface area contributed by atoms with Crippen molar-refractivity contribution in [3.8, 4) is 0 Å². The molecule has 1 unspecified atom stereocenters. The Hall–Kier alpha value is -0.350. The summed E-state index contributed by atoms with van der Waals surface area (Å²) in [6.07, 6.45) is 5.64. The Balaban J connectivity index is 1.64. The summed E-state index contributed by atoms with van der Waals surface area (Å²) >= 11 is 5.27. The second-order valence-electron chi connectivity index (χ2n) is 5.32. The van der Waals surface area contributed by atoms with Crippen molar-refractivity contribution >= 4 is 17.3 Å². The Morgan fingerprint density at radius 1 is 1.50 bits per heavy atom. The number of ether oxygens (including phenoxy) is 1. The summed E-state index contributed by atoms with van der Waals surface area (Å²) in [5.74, 6) is 0.985. The number of thiocarbonyl (C=S) groups is 1. The lowest BCUT2D eigenvalue weighted by molar-refractivity contribution is 0.179. The standard InChI is InChI=1S/C12H22N2OS/c1-9(7-15-2)14-11(16)13-8-12(5-6-12)10-3-4-10/h9-10H,3-8H2,1-2H3,(H2,13,14,16). The zero-order valence-corrected chi connectivity index (χ0v) is 11.0. The van der Waals surface area contributed by atoms with Gasteiger partial charge < -0.3 is 15.4 Å². The Kier molecular flexibility index (Phi) is 3.70. The van der Waals surface area contributed by atoms with Crippen molar-refractivity contribution in [2.45, 2.75) is 38.6 Å². The van der Waals surface area contributed by atoms with E-state index in [4.69, 9.17) is 17.0 Å². The maximum atomic E-state index is 5.27. The summed E-state index contributed by atoms with van der Waals surface area (Å²) in [4.78, 5) is 0. The Bertz CT molecular complexity index is 262. The topological polar surface area (TPSA) is 33.3 Å². The molecule has 2 rings (SSSR count). The normalized spacial score (nSPS) is 23.6. The maximum Gasteiger partial charge on any atom is 0.166 e. The minimum atomic E-state index is 0.279. The second-order valence-corrected chi connectivity index (χ2v) is 5.73. The van der Waals surface area contributed by atoms with Gasteiger partial charge in [0.25, 0.3) is 0 Å². The third-order valence-corrected chi connectivity index (χ3v) is 3.99. The molecule has 2 aliphatic carbocycles. The second kappa shape index (κ2) is 4.88. The fourth-order valence-electron chi connectivity index (χ4n) is 2.41. The minimum absolute atomic E-state index is 0.279. The van der Waals surface area contributed by atoms with Crippen LogP contribution in [-0.4, -0.2) is 31.4 Å². The molecular weight excluding hydrogens is 220 g/mol. The zero-order chi connectivity index (χ0) is 11.6. The van der Waals surface area contributed by atoms with E-state index in [0.29, 0.717) is 12.0 Å². The smallest absolute Gasteiger partial charge is 0.166 e. The molecule has 0 aliphatic heterocycles. The van der Waals surface area contributed by atoms with Gasteiger partial charge in [-0.2, -0.15) is 0 Å². The molecule has 2 aliphatic rings. The lowest BCUT2D eigenvalue weighted by atomic mass is 10.0. The fourth-order valence-corrected chi connectivity index (χ4v) is 2.68. The van der Waals surface area contributed by atoms with Crippen molar-refractivity contribution in [2.75, 3.05) is 20.3 Å². The summed E-state index contributed by atoms with van der Waals surface area (Å²) < 4.78 is 5.06. The van der Waals surface area contributed by atoms with Gasteiger partial charge in [-0.05, 0) is 56.2 Å². The average Bonchev–Trinajstić information content (AvgIpc) is 3.08. The lowest BCUT2D eigenvalue weighted by Gasteiger charge is -2.19. The van der Waals surface area contributed by atoms with Crippen LogP contribution in [0.15, 0.2) is 0 Å². The van der Waals surface area contributed by atoms with Gasteiger partial charge >= 0.3 is 0 Å². The first-order valence-electron chi connectivity index (χ1n) is 6.19. The van der Waals surface area contributed by atoms with E-state index in [-0.39, 0.29) is 6.04 Å². The Morgan fingerprint density at radius 2 is 2.19 bits per heavy atom. The predicted molar refractivity (Wildman–Crippen MR) is 69.5 cm³/mol. The molecule has 0 aromatic rings. The van der Waals surface area contributed by atoms with Crippen LogP contribution in [0.2, 0.25) is 0 Å². The number of rotatable bonds is 6. The average molecular weight is 242 g/mol. The summed E-state index contributed by atoms with van der Waals surface area (Å²) in [6, 6.07) is 0.279. The summed E-state index contributed by atoms with van der Waals surface area (Å²) in [5.41, 5.74) is 0.607. The Morgan fingerprint density at radius 3 is 2.69 bits per heavy atom. The molecule has 0 bridgehead atoms. The van der Waals surface area contributed by atoms with Gasteiger partial charge in [0, 0.05) is 19.7 Å². The first-order valence-corrected chi connectivity index (χ1v) is 6.60. The number of hydrogen-bond donors (Lipinski definition) is 2. The minimum Gasteiger partial charge on any atom is -0.383 e. The van der Waals surface area contributed by atoms with Gasteiger partial charge in [-0.15, -0.1) is 0 Å². The van der Waals surface area contributed by atoms with Crippen LogP contribution >= 0.6 is 12.2 Å². The quantitative estimate of drug-likeness (QED) is 0.694. The molecule has 0 radical (unpaired) electrons. The van der Waals surface area contributed by atoms with E-state index in [2.05, 4.69) is 17.6 Å². The summed E-state index contributed by atoms with van der Waals surface area (Å²) in [5, 5.41) is 7.37. The highest BCUT2D eigenvalue weighted by molar-refractivity contribution is 7.80. The maximum absolute atomic E-state index is 5.27. The molecule has 3 nitrogen and oxygen atoms in total. The monoisotopic (exact) mass is 242 g/mol. The zero-order valence-electron chi connectivity index (χ0n) is 10.2. The van der Waals surface area contributed by atoms with Crippen LogP contribution in [-0.2, 0) is 4.74 Å². The number of hydrogen-bond acceptors (Lipinski definition) is 2. The van der Waals surface area contributed by atoms with Crippen molar-refractivity contribution in [2.24, 2.45) is 11.3 Å². The highest BCUT2D eigenvalue weighted by Crippen LogP contribution is 2.60. The highest BCUT2D eigenvalue weighted by atomic mass is 32.1. The first kappa shape index (κ1) is 12.1. The van der Waals surface area contributed by atoms with Crippen molar-refractivity contribution in [1.29, 1.82) is 0 Å². The molecule has 92 valence electrons. The van der Waals surface area contributed by atoms with Crippen LogP contribution in [0.5, 0.6) is 0 Å². The van der Waals surface area contributed by atoms with Gasteiger partial charge in [-0.3, -0.25) is 0 Å². The molecule has 4 heteroatoms.